The van der Waals surface area contributed by atoms with Gasteiger partial charge in [0.05, 0.1) is 13.2 Å². The molecule has 2 rings (SSSR count). The van der Waals surface area contributed by atoms with Crippen LogP contribution in [-0.2, 0) is 4.74 Å². The van der Waals surface area contributed by atoms with Crippen LogP contribution in [0.3, 0.4) is 0 Å². The van der Waals surface area contributed by atoms with Gasteiger partial charge >= 0.3 is 0 Å². The zero-order chi connectivity index (χ0) is 15.2. The van der Waals surface area contributed by atoms with E-state index in [2.05, 4.69) is 4.98 Å². The fourth-order valence-corrected chi connectivity index (χ4v) is 2.45. The van der Waals surface area contributed by atoms with Crippen LogP contribution < -0.4 is 4.74 Å². The Labute approximate surface area is 126 Å². The number of likely N-dealkylation sites (tertiary alicyclic amines) is 1. The molecule has 0 saturated carbocycles. The molecule has 0 bridgehead atoms. The average Bonchev–Trinajstić information content (AvgIpc) is 2.52. The van der Waals surface area contributed by atoms with E-state index in [1.807, 2.05) is 18.7 Å². The lowest BCUT2D eigenvalue weighted by Gasteiger charge is -2.32. The molecule has 116 valence electrons. The summed E-state index contributed by atoms with van der Waals surface area (Å²) >= 11 is 0. The third-order valence-electron chi connectivity index (χ3n) is 3.75. The van der Waals surface area contributed by atoms with Gasteiger partial charge in [-0.3, -0.25) is 9.78 Å². The van der Waals surface area contributed by atoms with Crippen molar-refractivity contribution in [3.8, 4) is 5.75 Å². The molecule has 0 spiro atoms. The molecule has 1 amide bonds. The molecule has 1 aromatic heterocycles. The third kappa shape index (κ3) is 4.43. The lowest BCUT2D eigenvalue weighted by Crippen LogP contribution is -2.39. The van der Waals surface area contributed by atoms with Crippen LogP contribution in [-0.4, -0.2) is 48.7 Å². The van der Waals surface area contributed by atoms with Crippen LogP contribution in [0.2, 0.25) is 0 Å². The number of methoxy groups -OCH3 is 1. The first-order valence-electron chi connectivity index (χ1n) is 7.51. The molecule has 0 aliphatic carbocycles. The molecule has 5 nitrogen and oxygen atoms in total. The smallest absolute Gasteiger partial charge is 0.272 e. The molecule has 0 N–H and O–H groups in total. The molecule has 21 heavy (non-hydrogen) atoms. The first-order chi connectivity index (χ1) is 10.1. The summed E-state index contributed by atoms with van der Waals surface area (Å²) in [4.78, 5) is 18.4. The fraction of sp³-hybridized carbons (Fsp3) is 0.625. The second-order valence-corrected chi connectivity index (χ2v) is 5.70. The van der Waals surface area contributed by atoms with Gasteiger partial charge in [-0.2, -0.15) is 0 Å². The molecule has 0 unspecified atom stereocenters. The van der Waals surface area contributed by atoms with Gasteiger partial charge in [0, 0.05) is 32.0 Å². The van der Waals surface area contributed by atoms with Crippen molar-refractivity contribution >= 4 is 5.91 Å². The first-order valence-corrected chi connectivity index (χ1v) is 7.51. The number of ether oxygens (including phenoxy) is 2. The zero-order valence-electron chi connectivity index (χ0n) is 13.0. The second-order valence-electron chi connectivity index (χ2n) is 5.70. The van der Waals surface area contributed by atoms with Crippen LogP contribution >= 0.6 is 0 Å². The van der Waals surface area contributed by atoms with Crippen molar-refractivity contribution < 1.29 is 14.3 Å². The number of nitrogens with zero attached hydrogens (tertiary/aromatic N) is 2. The van der Waals surface area contributed by atoms with E-state index < -0.39 is 0 Å². The average molecular weight is 292 g/mol. The van der Waals surface area contributed by atoms with E-state index in [4.69, 9.17) is 9.47 Å². The van der Waals surface area contributed by atoms with Crippen LogP contribution in [0.15, 0.2) is 18.3 Å². The Morgan fingerprint density at radius 2 is 2.14 bits per heavy atom. The number of amides is 1. The SMILES string of the molecule is COc1ccnc(C(=O)N2CCC(COC(C)C)CC2)c1. The normalized spacial score (nSPS) is 16.3. The zero-order valence-corrected chi connectivity index (χ0v) is 13.0. The molecular weight excluding hydrogens is 268 g/mol. The number of hydrogen-bond donors (Lipinski definition) is 0. The molecule has 0 atom stereocenters. The largest absolute Gasteiger partial charge is 0.497 e. The van der Waals surface area contributed by atoms with E-state index in [0.29, 0.717) is 17.4 Å². The van der Waals surface area contributed by atoms with E-state index in [-0.39, 0.29) is 12.0 Å². The molecule has 0 radical (unpaired) electrons. The Balaban J connectivity index is 1.88. The highest BCUT2D eigenvalue weighted by molar-refractivity contribution is 5.92. The van der Waals surface area contributed by atoms with Gasteiger partial charge in [-0.25, -0.2) is 0 Å². The van der Waals surface area contributed by atoms with E-state index in [9.17, 15) is 4.79 Å². The van der Waals surface area contributed by atoms with Crippen LogP contribution in [0, 0.1) is 5.92 Å². The van der Waals surface area contributed by atoms with E-state index in [1.54, 1.807) is 25.4 Å². The topological polar surface area (TPSA) is 51.7 Å². The predicted molar refractivity (Wildman–Crippen MR) is 80.5 cm³/mol. The lowest BCUT2D eigenvalue weighted by molar-refractivity contribution is 0.0285. The maximum Gasteiger partial charge on any atom is 0.272 e. The quantitative estimate of drug-likeness (QED) is 0.836. The van der Waals surface area contributed by atoms with E-state index in [0.717, 1.165) is 32.5 Å². The van der Waals surface area contributed by atoms with Gasteiger partial charge in [0.15, 0.2) is 0 Å². The lowest BCUT2D eigenvalue weighted by atomic mass is 9.97. The van der Waals surface area contributed by atoms with Crippen molar-refractivity contribution in [2.24, 2.45) is 5.92 Å². The highest BCUT2D eigenvalue weighted by Gasteiger charge is 2.24. The Morgan fingerprint density at radius 1 is 1.43 bits per heavy atom. The highest BCUT2D eigenvalue weighted by atomic mass is 16.5. The molecule has 1 aliphatic rings. The van der Waals surface area contributed by atoms with Crippen molar-refractivity contribution in [3.63, 3.8) is 0 Å². The number of hydrogen-bond acceptors (Lipinski definition) is 4. The molecule has 5 heteroatoms. The first kappa shape index (κ1) is 15.8. The van der Waals surface area contributed by atoms with Crippen LogP contribution in [0.5, 0.6) is 5.75 Å². The van der Waals surface area contributed by atoms with Gasteiger partial charge < -0.3 is 14.4 Å². The molecule has 0 aromatic carbocycles. The summed E-state index contributed by atoms with van der Waals surface area (Å²) in [6, 6.07) is 3.43. The van der Waals surface area contributed by atoms with Crippen molar-refractivity contribution in [2.75, 3.05) is 26.8 Å². The molecule has 2 heterocycles. The molecular formula is C16H24N2O3. The Morgan fingerprint density at radius 3 is 2.76 bits per heavy atom. The molecule has 1 fully saturated rings. The molecule has 1 saturated heterocycles. The number of pyridine rings is 1. The fourth-order valence-electron chi connectivity index (χ4n) is 2.45. The minimum atomic E-state index is -0.0165. The van der Waals surface area contributed by atoms with Crippen molar-refractivity contribution in [1.29, 1.82) is 0 Å². The number of aromatic nitrogens is 1. The van der Waals surface area contributed by atoms with E-state index >= 15 is 0 Å². The Hall–Kier alpha value is -1.62. The van der Waals surface area contributed by atoms with Gasteiger partial charge in [0.2, 0.25) is 0 Å². The summed E-state index contributed by atoms with van der Waals surface area (Å²) in [7, 11) is 1.59. The van der Waals surface area contributed by atoms with Crippen LogP contribution in [0.1, 0.15) is 37.2 Å². The standard InChI is InChI=1S/C16H24N2O3/c1-12(2)21-11-13-5-8-18(9-6-13)16(19)15-10-14(20-3)4-7-17-15/h4,7,10,12-13H,5-6,8-9,11H2,1-3H3. The molecule has 1 aliphatic heterocycles. The Kier molecular flexibility index (Phi) is 5.56. The summed E-state index contributed by atoms with van der Waals surface area (Å²) in [5, 5.41) is 0. The number of rotatable bonds is 5. The minimum absolute atomic E-state index is 0.0165. The maximum atomic E-state index is 12.4. The monoisotopic (exact) mass is 292 g/mol. The second kappa shape index (κ2) is 7.41. The summed E-state index contributed by atoms with van der Waals surface area (Å²) in [5.74, 6) is 1.19. The van der Waals surface area contributed by atoms with Crippen LogP contribution in [0.25, 0.3) is 0 Å². The summed E-state index contributed by atoms with van der Waals surface area (Å²) < 4.78 is 10.8. The van der Waals surface area contributed by atoms with Gasteiger partial charge in [0.1, 0.15) is 11.4 Å². The summed E-state index contributed by atoms with van der Waals surface area (Å²) in [6.45, 7) is 6.42. The molecule has 1 aromatic rings. The predicted octanol–water partition coefficient (Wildman–Crippen LogP) is 2.37. The third-order valence-corrected chi connectivity index (χ3v) is 3.75. The van der Waals surface area contributed by atoms with E-state index in [1.165, 1.54) is 0 Å². The maximum absolute atomic E-state index is 12.4. The van der Waals surface area contributed by atoms with Gasteiger partial charge in [-0.1, -0.05) is 0 Å². The van der Waals surface area contributed by atoms with Gasteiger partial charge in [0.25, 0.3) is 5.91 Å². The number of piperidine rings is 1. The summed E-state index contributed by atoms with van der Waals surface area (Å²) in [5.41, 5.74) is 0.450. The van der Waals surface area contributed by atoms with Gasteiger partial charge in [-0.05, 0) is 38.7 Å². The van der Waals surface area contributed by atoms with Crippen molar-refractivity contribution in [3.05, 3.63) is 24.0 Å². The number of carbonyl (C=O) groups is 1. The number of carbonyl (C=O) groups excluding carboxylic acids is 1. The minimum Gasteiger partial charge on any atom is -0.497 e. The van der Waals surface area contributed by atoms with Crippen molar-refractivity contribution in [1.82, 2.24) is 9.88 Å². The van der Waals surface area contributed by atoms with Crippen LogP contribution in [0.4, 0.5) is 0 Å². The Bertz CT molecular complexity index is 468. The van der Waals surface area contributed by atoms with Gasteiger partial charge in [-0.15, -0.1) is 0 Å². The summed E-state index contributed by atoms with van der Waals surface area (Å²) in [6.07, 6.45) is 3.85. The highest BCUT2D eigenvalue weighted by Crippen LogP contribution is 2.20. The van der Waals surface area contributed by atoms with Crippen molar-refractivity contribution in [2.45, 2.75) is 32.8 Å².